The largest absolute Gasteiger partial charge is 0.460 e. The fraction of sp³-hybridized carbons (Fsp3) is 0.684. The van der Waals surface area contributed by atoms with Crippen molar-refractivity contribution in [3.05, 3.63) is 50.6 Å². The second kappa shape index (κ2) is 26.3. The lowest BCUT2D eigenvalue weighted by Crippen LogP contribution is -2.23. The highest BCUT2D eigenvalue weighted by molar-refractivity contribution is 5.82. The molecule has 0 N–H and O–H groups in total. The first-order chi connectivity index (χ1) is 26.2. The van der Waals surface area contributed by atoms with E-state index < -0.39 is 23.9 Å². The maximum absolute atomic E-state index is 11.0. The standard InChI is InChI=1S/2C19H28O8/c2*1-3-18(20)24-11-16-7-5-14(26-16)9-22-13-23-10-15-6-8-17(27-15)12-25-19(21)4-2/h2*3-4,14-17H,1-2,5-13H2. The summed E-state index contributed by atoms with van der Waals surface area (Å²) in [6.07, 6.45) is 10.8. The number of hydrogen-bond acceptors (Lipinski definition) is 16. The molecular weight excluding hydrogens is 712 g/mol. The molecule has 8 atom stereocenters. The van der Waals surface area contributed by atoms with E-state index in [0.29, 0.717) is 26.4 Å². The number of carbonyl (C=O) groups excluding carboxylic acids is 4. The van der Waals surface area contributed by atoms with E-state index in [1.807, 2.05) is 0 Å². The molecule has 0 amide bonds. The van der Waals surface area contributed by atoms with Gasteiger partial charge in [-0.25, -0.2) is 19.2 Å². The topological polar surface area (TPSA) is 179 Å². The summed E-state index contributed by atoms with van der Waals surface area (Å²) in [5.74, 6) is -1.77. The lowest BCUT2D eigenvalue weighted by atomic mass is 10.2. The lowest BCUT2D eigenvalue weighted by Gasteiger charge is -2.15. The van der Waals surface area contributed by atoms with Crippen molar-refractivity contribution in [1.82, 2.24) is 0 Å². The fourth-order valence-electron chi connectivity index (χ4n) is 5.87. The van der Waals surface area contributed by atoms with Crippen molar-refractivity contribution in [1.29, 1.82) is 0 Å². The quantitative estimate of drug-likeness (QED) is 0.0460. The Kier molecular flexibility index (Phi) is 21.9. The molecule has 4 aliphatic heterocycles. The van der Waals surface area contributed by atoms with Gasteiger partial charge in [-0.1, -0.05) is 26.3 Å². The molecule has 0 radical (unpaired) electrons. The van der Waals surface area contributed by atoms with Crippen molar-refractivity contribution in [2.75, 3.05) is 66.4 Å². The van der Waals surface area contributed by atoms with E-state index in [4.69, 9.17) is 56.8 Å². The van der Waals surface area contributed by atoms with E-state index in [9.17, 15) is 19.2 Å². The maximum atomic E-state index is 11.0. The van der Waals surface area contributed by atoms with E-state index in [0.717, 1.165) is 75.7 Å². The van der Waals surface area contributed by atoms with E-state index >= 15 is 0 Å². The van der Waals surface area contributed by atoms with Gasteiger partial charge in [-0.2, -0.15) is 0 Å². The third-order valence-corrected chi connectivity index (χ3v) is 8.64. The molecule has 8 unspecified atom stereocenters. The molecule has 0 bridgehead atoms. The van der Waals surface area contributed by atoms with E-state index in [1.54, 1.807) is 0 Å². The molecule has 16 nitrogen and oxygen atoms in total. The van der Waals surface area contributed by atoms with E-state index in [-0.39, 0.29) is 88.8 Å². The summed E-state index contributed by atoms with van der Waals surface area (Å²) in [4.78, 5) is 44.1. The van der Waals surface area contributed by atoms with Crippen LogP contribution in [0.2, 0.25) is 0 Å². The second-order valence-electron chi connectivity index (χ2n) is 12.9. The average Bonchev–Trinajstić information content (AvgIpc) is 4.03. The zero-order chi connectivity index (χ0) is 39.0. The number of esters is 4. The Morgan fingerprint density at radius 2 is 0.556 bits per heavy atom. The van der Waals surface area contributed by atoms with Gasteiger partial charge in [0, 0.05) is 24.3 Å². The van der Waals surface area contributed by atoms with Crippen molar-refractivity contribution >= 4 is 23.9 Å². The van der Waals surface area contributed by atoms with Crippen LogP contribution >= 0.6 is 0 Å². The first-order valence-corrected chi connectivity index (χ1v) is 18.3. The summed E-state index contributed by atoms with van der Waals surface area (Å²) in [7, 11) is 0. The molecule has 0 aromatic rings. The summed E-state index contributed by atoms with van der Waals surface area (Å²) >= 11 is 0. The molecule has 4 heterocycles. The van der Waals surface area contributed by atoms with Crippen LogP contribution in [0.5, 0.6) is 0 Å². The summed E-state index contributed by atoms with van der Waals surface area (Å²) in [5.41, 5.74) is 0. The molecule has 4 saturated heterocycles. The molecular formula is C38H56O16. The van der Waals surface area contributed by atoms with Gasteiger partial charge in [0.1, 0.15) is 40.0 Å². The van der Waals surface area contributed by atoms with Crippen molar-refractivity contribution in [3.8, 4) is 0 Å². The number of ether oxygens (including phenoxy) is 12. The maximum Gasteiger partial charge on any atom is 0.330 e. The smallest absolute Gasteiger partial charge is 0.330 e. The van der Waals surface area contributed by atoms with Gasteiger partial charge >= 0.3 is 23.9 Å². The molecule has 4 aliphatic rings. The molecule has 304 valence electrons. The Hall–Kier alpha value is -3.48. The van der Waals surface area contributed by atoms with Crippen LogP contribution in [0, 0.1) is 0 Å². The van der Waals surface area contributed by atoms with Gasteiger partial charge in [-0.05, 0) is 51.4 Å². The first kappa shape index (κ1) is 44.9. The summed E-state index contributed by atoms with van der Waals surface area (Å²) < 4.78 is 64.8. The van der Waals surface area contributed by atoms with Crippen molar-refractivity contribution in [2.24, 2.45) is 0 Å². The van der Waals surface area contributed by atoms with Crippen LogP contribution < -0.4 is 0 Å². The molecule has 0 aromatic carbocycles. The van der Waals surface area contributed by atoms with Gasteiger partial charge in [0.15, 0.2) is 0 Å². The Bertz CT molecular complexity index is 1010. The highest BCUT2D eigenvalue weighted by atomic mass is 16.7. The third kappa shape index (κ3) is 18.7. The molecule has 54 heavy (non-hydrogen) atoms. The average molecular weight is 769 g/mol. The van der Waals surface area contributed by atoms with Crippen molar-refractivity contribution in [3.63, 3.8) is 0 Å². The van der Waals surface area contributed by atoms with Gasteiger partial charge in [-0.3, -0.25) is 0 Å². The van der Waals surface area contributed by atoms with Crippen LogP contribution in [0.3, 0.4) is 0 Å². The van der Waals surface area contributed by atoms with E-state index in [2.05, 4.69) is 26.3 Å². The van der Waals surface area contributed by atoms with Crippen molar-refractivity contribution < 1.29 is 76.0 Å². The summed E-state index contributed by atoms with van der Waals surface area (Å²) in [5, 5.41) is 0. The van der Waals surface area contributed by atoms with Crippen molar-refractivity contribution in [2.45, 2.75) is 100 Å². The van der Waals surface area contributed by atoms with Crippen LogP contribution in [0.4, 0.5) is 0 Å². The zero-order valence-electron chi connectivity index (χ0n) is 31.0. The van der Waals surface area contributed by atoms with Gasteiger partial charge in [-0.15, -0.1) is 0 Å². The summed E-state index contributed by atoms with van der Waals surface area (Å²) in [6, 6.07) is 0. The van der Waals surface area contributed by atoms with Crippen LogP contribution in [0.15, 0.2) is 50.6 Å². The Balaban J connectivity index is 0.000000290. The zero-order valence-corrected chi connectivity index (χ0v) is 31.0. The minimum atomic E-state index is -0.443. The molecule has 0 aliphatic carbocycles. The molecule has 4 rings (SSSR count). The van der Waals surface area contributed by atoms with Gasteiger partial charge in [0.2, 0.25) is 0 Å². The molecule has 0 spiro atoms. The molecule has 0 saturated carbocycles. The first-order valence-electron chi connectivity index (χ1n) is 18.3. The fourth-order valence-corrected chi connectivity index (χ4v) is 5.87. The SMILES string of the molecule is C=CC(=O)OCC1CCC(COCOCC2CCC(COC(=O)C=C)O2)O1.C=CC(=O)OCC1CCC(COCOCC2CCC(COC(=O)C=C)O2)O1. The monoisotopic (exact) mass is 768 g/mol. The Morgan fingerprint density at radius 1 is 0.370 bits per heavy atom. The minimum absolute atomic E-state index is 0.0207. The van der Waals surface area contributed by atoms with Gasteiger partial charge in [0.25, 0.3) is 0 Å². The lowest BCUT2D eigenvalue weighted by molar-refractivity contribution is -0.145. The van der Waals surface area contributed by atoms with Gasteiger partial charge in [0.05, 0.1) is 75.3 Å². The van der Waals surface area contributed by atoms with Crippen LogP contribution in [0.25, 0.3) is 0 Å². The minimum Gasteiger partial charge on any atom is -0.460 e. The second-order valence-corrected chi connectivity index (χ2v) is 12.9. The van der Waals surface area contributed by atoms with Gasteiger partial charge < -0.3 is 56.8 Å². The van der Waals surface area contributed by atoms with Crippen LogP contribution in [-0.4, -0.2) is 139 Å². The summed E-state index contributed by atoms with van der Waals surface area (Å²) in [6.45, 7) is 16.4. The highest BCUT2D eigenvalue weighted by Gasteiger charge is 2.29. The van der Waals surface area contributed by atoms with E-state index in [1.165, 1.54) is 0 Å². The highest BCUT2D eigenvalue weighted by Crippen LogP contribution is 2.23. The molecule has 16 heteroatoms. The molecule has 4 fully saturated rings. The Morgan fingerprint density at radius 3 is 0.741 bits per heavy atom. The van der Waals surface area contributed by atoms with Crippen LogP contribution in [0.1, 0.15) is 51.4 Å². The molecule has 0 aromatic heterocycles. The Labute approximate surface area is 316 Å². The predicted molar refractivity (Wildman–Crippen MR) is 190 cm³/mol. The third-order valence-electron chi connectivity index (χ3n) is 8.64. The number of carbonyl (C=O) groups is 4. The predicted octanol–water partition coefficient (Wildman–Crippen LogP) is 3.06. The number of hydrogen-bond donors (Lipinski definition) is 0. The number of rotatable bonds is 24. The normalized spacial score (nSPS) is 27.3. The van der Waals surface area contributed by atoms with Crippen LogP contribution in [-0.2, 0) is 76.0 Å².